The van der Waals surface area contributed by atoms with Crippen molar-refractivity contribution in [3.8, 4) is 6.07 Å². The molecule has 0 bridgehead atoms. The van der Waals surface area contributed by atoms with Gasteiger partial charge in [-0.15, -0.1) is 0 Å². The maximum absolute atomic E-state index is 13.7. The second-order valence-corrected chi connectivity index (χ2v) is 4.26. The topological polar surface area (TPSA) is 90.3 Å². The van der Waals surface area contributed by atoms with Crippen LogP contribution in [0.15, 0.2) is 12.1 Å². The largest absolute Gasteiger partial charge is 0.478 e. The standard InChI is InChI=1S/C13H16FN3O2/c1-3-17(7-8(2)6-15)12-5-10(14)9(13(18)19)4-11(12)16/h4-5,8H,3,7,16H2,1-2H3,(H,18,19). The minimum Gasteiger partial charge on any atom is -0.478 e. The maximum Gasteiger partial charge on any atom is 0.338 e. The van der Waals surface area contributed by atoms with Gasteiger partial charge in [0.2, 0.25) is 0 Å². The molecule has 1 aromatic carbocycles. The number of carbonyl (C=O) groups is 1. The van der Waals surface area contributed by atoms with E-state index in [1.54, 1.807) is 11.8 Å². The summed E-state index contributed by atoms with van der Waals surface area (Å²) in [4.78, 5) is 12.5. The molecule has 1 unspecified atom stereocenters. The third-order valence-corrected chi connectivity index (χ3v) is 2.78. The Labute approximate surface area is 111 Å². The molecule has 19 heavy (non-hydrogen) atoms. The molecular formula is C13H16FN3O2. The van der Waals surface area contributed by atoms with Crippen LogP contribution in [0.4, 0.5) is 15.8 Å². The van der Waals surface area contributed by atoms with E-state index in [0.29, 0.717) is 18.8 Å². The van der Waals surface area contributed by atoms with E-state index in [1.165, 1.54) is 0 Å². The van der Waals surface area contributed by atoms with Gasteiger partial charge in [0.25, 0.3) is 0 Å². The number of aromatic carboxylic acids is 1. The van der Waals surface area contributed by atoms with Crippen molar-refractivity contribution >= 4 is 17.3 Å². The van der Waals surface area contributed by atoms with Crippen LogP contribution >= 0.6 is 0 Å². The fourth-order valence-electron chi connectivity index (χ4n) is 1.79. The molecular weight excluding hydrogens is 249 g/mol. The molecule has 0 aromatic heterocycles. The number of nitriles is 1. The molecule has 0 saturated carbocycles. The van der Waals surface area contributed by atoms with Crippen LogP contribution in [0.5, 0.6) is 0 Å². The van der Waals surface area contributed by atoms with Gasteiger partial charge in [-0.1, -0.05) is 0 Å². The zero-order valence-electron chi connectivity index (χ0n) is 10.9. The fraction of sp³-hybridized carbons (Fsp3) is 0.385. The molecule has 3 N–H and O–H groups in total. The van der Waals surface area contributed by atoms with E-state index in [2.05, 4.69) is 6.07 Å². The van der Waals surface area contributed by atoms with Crippen LogP contribution in [0.1, 0.15) is 24.2 Å². The van der Waals surface area contributed by atoms with Crippen molar-refractivity contribution in [3.63, 3.8) is 0 Å². The Hall–Kier alpha value is -2.29. The molecule has 0 aliphatic carbocycles. The van der Waals surface area contributed by atoms with Crippen molar-refractivity contribution in [1.29, 1.82) is 5.26 Å². The van der Waals surface area contributed by atoms with Crippen LogP contribution in [0.25, 0.3) is 0 Å². The van der Waals surface area contributed by atoms with Gasteiger partial charge in [-0.3, -0.25) is 0 Å². The SMILES string of the molecule is CCN(CC(C)C#N)c1cc(F)c(C(=O)O)cc1N. The molecule has 5 nitrogen and oxygen atoms in total. The van der Waals surface area contributed by atoms with Gasteiger partial charge in [-0.2, -0.15) is 5.26 Å². The first kappa shape index (κ1) is 14.8. The first-order chi connectivity index (χ1) is 8.90. The van der Waals surface area contributed by atoms with Gasteiger partial charge in [0, 0.05) is 19.2 Å². The van der Waals surface area contributed by atoms with E-state index in [1.807, 2.05) is 6.92 Å². The van der Waals surface area contributed by atoms with Crippen molar-refractivity contribution in [2.24, 2.45) is 5.92 Å². The number of carboxylic acids is 1. The summed E-state index contributed by atoms with van der Waals surface area (Å²) in [5, 5.41) is 17.6. The highest BCUT2D eigenvalue weighted by molar-refractivity contribution is 5.90. The lowest BCUT2D eigenvalue weighted by atomic mass is 10.1. The van der Waals surface area contributed by atoms with Crippen LogP contribution in [0.3, 0.4) is 0 Å². The molecule has 0 saturated heterocycles. The summed E-state index contributed by atoms with van der Waals surface area (Å²) in [6.45, 7) is 4.55. The van der Waals surface area contributed by atoms with Crippen LogP contribution in [-0.2, 0) is 0 Å². The number of benzene rings is 1. The van der Waals surface area contributed by atoms with Crippen molar-refractivity contribution in [3.05, 3.63) is 23.5 Å². The van der Waals surface area contributed by atoms with Gasteiger partial charge in [0.1, 0.15) is 5.82 Å². The highest BCUT2D eigenvalue weighted by Crippen LogP contribution is 2.27. The van der Waals surface area contributed by atoms with Gasteiger partial charge in [-0.25, -0.2) is 9.18 Å². The lowest BCUT2D eigenvalue weighted by Crippen LogP contribution is -2.28. The normalized spacial score (nSPS) is 11.7. The molecule has 1 atom stereocenters. The molecule has 6 heteroatoms. The highest BCUT2D eigenvalue weighted by Gasteiger charge is 2.18. The summed E-state index contributed by atoms with van der Waals surface area (Å²) in [6, 6.07) is 4.30. The molecule has 0 amide bonds. The smallest absolute Gasteiger partial charge is 0.338 e. The molecule has 0 heterocycles. The number of nitrogens with two attached hydrogens (primary N) is 1. The minimum atomic E-state index is -1.36. The Bertz CT molecular complexity index is 525. The summed E-state index contributed by atoms with van der Waals surface area (Å²) in [5.74, 6) is -2.43. The third kappa shape index (κ3) is 3.35. The van der Waals surface area contributed by atoms with E-state index in [4.69, 9.17) is 16.1 Å². The molecule has 0 fully saturated rings. The minimum absolute atomic E-state index is 0.186. The number of nitrogens with zero attached hydrogens (tertiary/aromatic N) is 2. The van der Waals surface area contributed by atoms with E-state index >= 15 is 0 Å². The van der Waals surface area contributed by atoms with Crippen molar-refractivity contribution in [1.82, 2.24) is 0 Å². The second-order valence-electron chi connectivity index (χ2n) is 4.26. The Morgan fingerprint density at radius 1 is 1.63 bits per heavy atom. The van der Waals surface area contributed by atoms with Gasteiger partial charge in [0.15, 0.2) is 0 Å². The average Bonchev–Trinajstić information content (AvgIpc) is 2.37. The second kappa shape index (κ2) is 6.05. The van der Waals surface area contributed by atoms with Crippen LogP contribution in [-0.4, -0.2) is 24.2 Å². The quantitative estimate of drug-likeness (QED) is 0.795. The summed E-state index contributed by atoms with van der Waals surface area (Å²) in [5.41, 5.74) is 5.91. The first-order valence-electron chi connectivity index (χ1n) is 5.87. The van der Waals surface area contributed by atoms with E-state index in [9.17, 15) is 9.18 Å². The zero-order chi connectivity index (χ0) is 14.6. The molecule has 0 radical (unpaired) electrons. The Kier molecular flexibility index (Phi) is 4.70. The van der Waals surface area contributed by atoms with Crippen molar-refractivity contribution in [2.45, 2.75) is 13.8 Å². The number of carboxylic acid groups (broad SMARTS) is 1. The molecule has 0 aliphatic heterocycles. The number of anilines is 2. The van der Waals surface area contributed by atoms with Gasteiger partial charge in [-0.05, 0) is 19.9 Å². The van der Waals surface area contributed by atoms with Gasteiger partial charge < -0.3 is 15.7 Å². The van der Waals surface area contributed by atoms with Crippen molar-refractivity contribution in [2.75, 3.05) is 23.7 Å². The highest BCUT2D eigenvalue weighted by atomic mass is 19.1. The first-order valence-corrected chi connectivity index (χ1v) is 5.87. The number of nitrogen functional groups attached to an aromatic ring is 1. The summed E-state index contributed by atoms with van der Waals surface area (Å²) in [6.07, 6.45) is 0. The van der Waals surface area contributed by atoms with Crippen LogP contribution in [0.2, 0.25) is 0 Å². The zero-order valence-corrected chi connectivity index (χ0v) is 10.9. The molecule has 0 spiro atoms. The van der Waals surface area contributed by atoms with Gasteiger partial charge >= 0.3 is 5.97 Å². The number of halogens is 1. The predicted octanol–water partition coefficient (Wildman–Crippen LogP) is 2.09. The monoisotopic (exact) mass is 265 g/mol. The summed E-state index contributed by atoms with van der Waals surface area (Å²) >= 11 is 0. The molecule has 102 valence electrons. The fourth-order valence-corrected chi connectivity index (χ4v) is 1.79. The Morgan fingerprint density at radius 3 is 2.74 bits per heavy atom. The number of rotatable bonds is 5. The third-order valence-electron chi connectivity index (χ3n) is 2.78. The maximum atomic E-state index is 13.7. The lowest BCUT2D eigenvalue weighted by Gasteiger charge is -2.26. The molecule has 0 aliphatic rings. The molecule has 1 rings (SSSR count). The number of hydrogen-bond acceptors (Lipinski definition) is 4. The number of hydrogen-bond donors (Lipinski definition) is 2. The summed E-state index contributed by atoms with van der Waals surface area (Å²) < 4.78 is 13.7. The van der Waals surface area contributed by atoms with Crippen LogP contribution in [0, 0.1) is 23.1 Å². The van der Waals surface area contributed by atoms with E-state index in [0.717, 1.165) is 12.1 Å². The van der Waals surface area contributed by atoms with Crippen LogP contribution < -0.4 is 10.6 Å². The summed E-state index contributed by atoms with van der Waals surface area (Å²) in [7, 11) is 0. The van der Waals surface area contributed by atoms with E-state index < -0.39 is 17.3 Å². The molecule has 1 aromatic rings. The predicted molar refractivity (Wildman–Crippen MR) is 70.4 cm³/mol. The van der Waals surface area contributed by atoms with Crippen molar-refractivity contribution < 1.29 is 14.3 Å². The Morgan fingerprint density at radius 2 is 2.26 bits per heavy atom. The van der Waals surface area contributed by atoms with E-state index in [-0.39, 0.29) is 11.6 Å². The van der Waals surface area contributed by atoms with Gasteiger partial charge in [0.05, 0.1) is 28.9 Å². The average molecular weight is 265 g/mol. The lowest BCUT2D eigenvalue weighted by molar-refractivity contribution is 0.0692. The Balaban J connectivity index is 3.16.